The summed E-state index contributed by atoms with van der Waals surface area (Å²) in [6.07, 6.45) is -5.10. The van der Waals surface area contributed by atoms with E-state index in [2.05, 4.69) is 0 Å². The molecule has 0 bridgehead atoms. The number of esters is 1. The molecule has 0 amide bonds. The van der Waals surface area contributed by atoms with E-state index in [1.165, 1.54) is 32.4 Å². The summed E-state index contributed by atoms with van der Waals surface area (Å²) in [6, 6.07) is 2.81. The van der Waals surface area contributed by atoms with Crippen molar-refractivity contribution in [1.82, 2.24) is 0 Å². The monoisotopic (exact) mass is 386 g/mol. The number of aliphatic hydroxyl groups is 4. The van der Waals surface area contributed by atoms with Crippen LogP contribution in [0.4, 0.5) is 0 Å². The van der Waals surface area contributed by atoms with Gasteiger partial charge in [0, 0.05) is 6.08 Å². The first kappa shape index (κ1) is 22.4. The number of benzene rings is 1. The quantitative estimate of drug-likeness (QED) is 0.184. The number of carbonyl (C=O) groups excluding carboxylic acids is 2. The maximum absolute atomic E-state index is 11.9. The minimum atomic E-state index is -1.91. The second kappa shape index (κ2) is 10.5. The molecule has 0 unspecified atom stereocenters. The van der Waals surface area contributed by atoms with Crippen LogP contribution in [-0.4, -0.2) is 83.0 Å². The topological polar surface area (TPSA) is 163 Å². The van der Waals surface area contributed by atoms with Crippen LogP contribution in [0.25, 0.3) is 6.08 Å². The second-order valence-corrected chi connectivity index (χ2v) is 5.38. The van der Waals surface area contributed by atoms with Crippen LogP contribution in [0, 0.1) is 0 Å². The number of phenols is 1. The van der Waals surface area contributed by atoms with Crippen LogP contribution in [-0.2, 0) is 14.3 Å². The van der Waals surface area contributed by atoms with E-state index in [-0.39, 0.29) is 23.5 Å². The van der Waals surface area contributed by atoms with Crippen LogP contribution in [0.5, 0.6) is 17.2 Å². The van der Waals surface area contributed by atoms with Crippen molar-refractivity contribution in [3.8, 4) is 17.2 Å². The molecule has 1 aromatic carbocycles. The van der Waals surface area contributed by atoms with Gasteiger partial charge in [0.25, 0.3) is 0 Å². The fourth-order valence-corrected chi connectivity index (χ4v) is 2.09. The molecule has 0 radical (unpaired) electrons. The Morgan fingerprint density at radius 3 is 2.15 bits per heavy atom. The summed E-state index contributed by atoms with van der Waals surface area (Å²) in [5, 5.41) is 47.4. The Labute approximate surface area is 154 Å². The minimum absolute atomic E-state index is 0.0185. The van der Waals surface area contributed by atoms with E-state index in [0.717, 1.165) is 6.08 Å². The van der Waals surface area contributed by atoms with Gasteiger partial charge in [-0.2, -0.15) is 0 Å². The van der Waals surface area contributed by atoms with Gasteiger partial charge in [-0.25, -0.2) is 4.79 Å². The number of hydrogen-bond donors (Lipinski definition) is 5. The number of aliphatic hydroxyl groups excluding tert-OH is 4. The first-order valence-electron chi connectivity index (χ1n) is 7.73. The van der Waals surface area contributed by atoms with E-state index >= 15 is 0 Å². The molecule has 0 aliphatic heterocycles. The van der Waals surface area contributed by atoms with Gasteiger partial charge in [-0.3, -0.25) is 0 Å². The van der Waals surface area contributed by atoms with Gasteiger partial charge in [-0.15, -0.1) is 0 Å². The first-order chi connectivity index (χ1) is 12.8. The lowest BCUT2D eigenvalue weighted by Gasteiger charge is -2.26. The predicted molar refractivity (Wildman–Crippen MR) is 91.3 cm³/mol. The van der Waals surface area contributed by atoms with E-state index in [0.29, 0.717) is 5.56 Å². The van der Waals surface area contributed by atoms with Crippen LogP contribution in [0.1, 0.15) is 5.56 Å². The van der Waals surface area contributed by atoms with Gasteiger partial charge < -0.3 is 44.5 Å². The summed E-state index contributed by atoms with van der Waals surface area (Å²) in [5.74, 6) is -1.08. The lowest BCUT2D eigenvalue weighted by molar-refractivity contribution is -0.169. The summed E-state index contributed by atoms with van der Waals surface area (Å²) in [5.41, 5.74) is 0.391. The number of phenolic OH excluding ortho intramolecular Hbond substituents is 1. The molecule has 0 spiro atoms. The number of methoxy groups -OCH3 is 2. The predicted octanol–water partition coefficient (Wildman–Crippen LogP) is -1.39. The third-order valence-corrected chi connectivity index (χ3v) is 3.56. The Bertz CT molecular complexity index is 647. The largest absolute Gasteiger partial charge is 0.502 e. The number of aldehydes is 1. The van der Waals surface area contributed by atoms with Crippen LogP contribution >= 0.6 is 0 Å². The van der Waals surface area contributed by atoms with Crippen molar-refractivity contribution < 1.29 is 49.3 Å². The fourth-order valence-electron chi connectivity index (χ4n) is 2.09. The summed E-state index contributed by atoms with van der Waals surface area (Å²) >= 11 is 0. The molecule has 0 heterocycles. The lowest BCUT2D eigenvalue weighted by atomic mass is 10.0. The second-order valence-electron chi connectivity index (χ2n) is 5.38. The molecule has 1 rings (SSSR count). The van der Waals surface area contributed by atoms with E-state index in [4.69, 9.17) is 19.3 Å². The highest BCUT2D eigenvalue weighted by atomic mass is 16.6. The summed E-state index contributed by atoms with van der Waals surface area (Å²) in [4.78, 5) is 22.7. The van der Waals surface area contributed by atoms with Crippen molar-refractivity contribution in [3.05, 3.63) is 23.8 Å². The van der Waals surface area contributed by atoms with Crippen molar-refractivity contribution >= 4 is 18.3 Å². The van der Waals surface area contributed by atoms with Gasteiger partial charge in [0.15, 0.2) is 23.9 Å². The molecular formula is C17H22O10. The van der Waals surface area contributed by atoms with E-state index < -0.39 is 37.0 Å². The average Bonchev–Trinajstić information content (AvgIpc) is 2.69. The number of carbonyl (C=O) groups is 2. The van der Waals surface area contributed by atoms with E-state index in [9.17, 15) is 30.0 Å². The Kier molecular flexibility index (Phi) is 8.69. The molecule has 27 heavy (non-hydrogen) atoms. The van der Waals surface area contributed by atoms with Crippen molar-refractivity contribution in [1.29, 1.82) is 0 Å². The zero-order chi connectivity index (χ0) is 20.6. The average molecular weight is 386 g/mol. The van der Waals surface area contributed by atoms with Crippen molar-refractivity contribution in [2.45, 2.75) is 24.4 Å². The Morgan fingerprint density at radius 1 is 1.15 bits per heavy atom. The molecule has 1 aromatic rings. The molecule has 0 aromatic heterocycles. The third kappa shape index (κ3) is 5.93. The molecule has 10 nitrogen and oxygen atoms in total. The zero-order valence-electron chi connectivity index (χ0n) is 14.7. The molecule has 0 fully saturated rings. The minimum Gasteiger partial charge on any atom is -0.502 e. The van der Waals surface area contributed by atoms with Gasteiger partial charge >= 0.3 is 5.97 Å². The smallest absolute Gasteiger partial charge is 0.331 e. The van der Waals surface area contributed by atoms with Crippen molar-refractivity contribution in [2.24, 2.45) is 0 Å². The highest BCUT2D eigenvalue weighted by Gasteiger charge is 2.34. The zero-order valence-corrected chi connectivity index (χ0v) is 14.7. The summed E-state index contributed by atoms with van der Waals surface area (Å²) in [7, 11) is 2.66. The molecule has 0 saturated heterocycles. The highest BCUT2D eigenvalue weighted by Crippen LogP contribution is 2.37. The van der Waals surface area contributed by atoms with Gasteiger partial charge in [0.1, 0.15) is 18.3 Å². The van der Waals surface area contributed by atoms with Crippen LogP contribution < -0.4 is 9.47 Å². The number of rotatable bonds is 10. The van der Waals surface area contributed by atoms with Gasteiger partial charge in [0.05, 0.1) is 20.8 Å². The van der Waals surface area contributed by atoms with Gasteiger partial charge in [0.2, 0.25) is 5.75 Å². The number of ether oxygens (including phenoxy) is 3. The molecule has 0 saturated carbocycles. The maximum atomic E-state index is 11.9. The lowest BCUT2D eigenvalue weighted by Crippen LogP contribution is -2.48. The van der Waals surface area contributed by atoms with E-state index in [1.807, 2.05) is 0 Å². The SMILES string of the molecule is COc1cc(/C=C/C(=O)O[C@@H]([C@H](O)[C@H](O)CO)[C@@H](O)C=O)cc(OC)c1O. The van der Waals surface area contributed by atoms with Crippen molar-refractivity contribution in [3.63, 3.8) is 0 Å². The maximum Gasteiger partial charge on any atom is 0.331 e. The van der Waals surface area contributed by atoms with Crippen LogP contribution in [0.15, 0.2) is 18.2 Å². The van der Waals surface area contributed by atoms with Crippen LogP contribution in [0.3, 0.4) is 0 Å². The third-order valence-electron chi connectivity index (χ3n) is 3.56. The Balaban J connectivity index is 2.97. The summed E-state index contributed by atoms with van der Waals surface area (Å²) in [6.45, 7) is -0.871. The van der Waals surface area contributed by atoms with Crippen LogP contribution in [0.2, 0.25) is 0 Å². The Morgan fingerprint density at radius 2 is 1.70 bits per heavy atom. The molecule has 4 atom stereocenters. The number of hydrogen-bond acceptors (Lipinski definition) is 10. The van der Waals surface area contributed by atoms with Gasteiger partial charge in [-0.05, 0) is 23.8 Å². The molecular weight excluding hydrogens is 364 g/mol. The van der Waals surface area contributed by atoms with Gasteiger partial charge in [-0.1, -0.05) is 0 Å². The van der Waals surface area contributed by atoms with Crippen molar-refractivity contribution in [2.75, 3.05) is 20.8 Å². The first-order valence-corrected chi connectivity index (χ1v) is 7.73. The molecule has 10 heteroatoms. The Hall–Kier alpha value is -2.66. The molecule has 5 N–H and O–H groups in total. The highest BCUT2D eigenvalue weighted by molar-refractivity contribution is 5.87. The fraction of sp³-hybridized carbons (Fsp3) is 0.412. The molecule has 0 aliphatic carbocycles. The normalized spacial score (nSPS) is 15.6. The molecule has 150 valence electrons. The molecule has 0 aliphatic rings. The summed E-state index contributed by atoms with van der Waals surface area (Å²) < 4.78 is 14.8. The van der Waals surface area contributed by atoms with E-state index in [1.54, 1.807) is 0 Å². The number of aromatic hydroxyl groups is 1. The standard InChI is InChI=1S/C17H22O10/c1-25-12-5-9(6-13(26-2)16(12)24)3-4-14(22)27-17(11(21)8-19)15(23)10(20)7-18/h3-6,8,10-11,15,17-18,20-21,23-24H,7H2,1-2H3/b4-3+/t10-,11+,15-,17-/m1/s1.